The Balaban J connectivity index is 2.03. The van der Waals surface area contributed by atoms with Crippen LogP contribution >= 0.6 is 22.9 Å². The summed E-state index contributed by atoms with van der Waals surface area (Å²) in [6.45, 7) is 1.97. The second kappa shape index (κ2) is 6.21. The van der Waals surface area contributed by atoms with Crippen LogP contribution in [0.25, 0.3) is 11.1 Å². The lowest BCUT2D eigenvalue weighted by atomic mass is 9.94. The molecular formula is C21H14ClNO2S. The predicted molar refractivity (Wildman–Crippen MR) is 105 cm³/mol. The lowest BCUT2D eigenvalue weighted by Gasteiger charge is -2.10. The highest BCUT2D eigenvalue weighted by atomic mass is 35.5. The molecule has 0 fully saturated rings. The second-order valence-corrected chi connectivity index (χ2v) is 7.58. The number of nitrogens with zero attached hydrogens (tertiary/aromatic N) is 1. The van der Waals surface area contributed by atoms with E-state index in [4.69, 9.17) is 11.6 Å². The summed E-state index contributed by atoms with van der Waals surface area (Å²) in [6, 6.07) is 12.9. The number of hydrogen-bond acceptors (Lipinski definition) is 4. The molecule has 1 aliphatic rings. The van der Waals surface area contributed by atoms with Crippen LogP contribution in [0.1, 0.15) is 32.7 Å². The van der Waals surface area contributed by atoms with Crippen LogP contribution in [-0.4, -0.2) is 10.2 Å². The number of fused-ring (bicyclic) bond motifs is 1. The Morgan fingerprint density at radius 1 is 1.12 bits per heavy atom. The third-order valence-electron chi connectivity index (χ3n) is 4.71. The van der Waals surface area contributed by atoms with Gasteiger partial charge in [-0.15, -0.1) is 11.3 Å². The third kappa shape index (κ3) is 2.57. The molecule has 0 unspecified atom stereocenters. The van der Waals surface area contributed by atoms with Crippen LogP contribution in [0.2, 0.25) is 5.02 Å². The maximum atomic E-state index is 10.1. The van der Waals surface area contributed by atoms with Gasteiger partial charge in [0.05, 0.1) is 5.02 Å². The van der Waals surface area contributed by atoms with Crippen molar-refractivity contribution < 1.29 is 10.2 Å². The Morgan fingerprint density at radius 2 is 1.92 bits per heavy atom. The minimum Gasteiger partial charge on any atom is -0.508 e. The van der Waals surface area contributed by atoms with Crippen molar-refractivity contribution in [3.63, 3.8) is 0 Å². The number of rotatable bonds is 2. The molecule has 0 amide bonds. The molecule has 2 N–H and O–H groups in total. The van der Waals surface area contributed by atoms with E-state index in [9.17, 15) is 15.5 Å². The van der Waals surface area contributed by atoms with Crippen molar-refractivity contribution >= 4 is 34.1 Å². The Hall–Kier alpha value is -2.74. The van der Waals surface area contributed by atoms with E-state index >= 15 is 0 Å². The number of aryl methyl sites for hydroxylation is 1. The van der Waals surface area contributed by atoms with Gasteiger partial charge in [-0.05, 0) is 82.5 Å². The molecule has 3 aromatic rings. The SMILES string of the molecule is Cc1cc(O)cc2c1CC(c1ccc(O)c(Cl)c1)=C2c1ccsc1C#N. The van der Waals surface area contributed by atoms with Crippen molar-refractivity contribution in [2.24, 2.45) is 0 Å². The van der Waals surface area contributed by atoms with Crippen LogP contribution in [0.15, 0.2) is 41.8 Å². The molecule has 26 heavy (non-hydrogen) atoms. The Labute approximate surface area is 160 Å². The summed E-state index contributed by atoms with van der Waals surface area (Å²) >= 11 is 7.53. The number of phenols is 2. The Kier molecular flexibility index (Phi) is 3.99. The average Bonchev–Trinajstić information content (AvgIpc) is 3.21. The van der Waals surface area contributed by atoms with E-state index in [0.29, 0.717) is 11.3 Å². The summed E-state index contributed by atoms with van der Waals surface area (Å²) in [4.78, 5) is 0.635. The first kappa shape index (κ1) is 16.7. The van der Waals surface area contributed by atoms with E-state index < -0.39 is 0 Å². The summed E-state index contributed by atoms with van der Waals surface area (Å²) in [5.74, 6) is 0.243. The van der Waals surface area contributed by atoms with Gasteiger partial charge in [-0.3, -0.25) is 0 Å². The van der Waals surface area contributed by atoms with Crippen molar-refractivity contribution in [1.29, 1.82) is 5.26 Å². The Bertz CT molecular complexity index is 1120. The minimum absolute atomic E-state index is 0.0372. The number of benzene rings is 2. The van der Waals surface area contributed by atoms with Gasteiger partial charge < -0.3 is 10.2 Å². The van der Waals surface area contributed by atoms with Crippen LogP contribution in [0, 0.1) is 18.3 Å². The number of halogens is 1. The number of nitriles is 1. The van der Waals surface area contributed by atoms with Gasteiger partial charge in [0.15, 0.2) is 0 Å². The highest BCUT2D eigenvalue weighted by molar-refractivity contribution is 7.10. The van der Waals surface area contributed by atoms with Gasteiger partial charge in [0.25, 0.3) is 0 Å². The molecule has 5 heteroatoms. The third-order valence-corrected chi connectivity index (χ3v) is 5.84. The van der Waals surface area contributed by atoms with E-state index in [1.54, 1.807) is 24.3 Å². The largest absolute Gasteiger partial charge is 0.508 e. The molecule has 0 radical (unpaired) electrons. The van der Waals surface area contributed by atoms with Crippen molar-refractivity contribution in [2.75, 3.05) is 0 Å². The summed E-state index contributed by atoms with van der Waals surface area (Å²) < 4.78 is 0. The standard InChI is InChI=1S/C21H14ClNO2S/c1-11-6-13(24)8-17-15(11)9-16(12-2-3-19(25)18(22)7-12)21(17)14-4-5-26-20(14)10-23/h2-8,24-25H,9H2,1H3. The summed E-state index contributed by atoms with van der Waals surface area (Å²) in [5.41, 5.74) is 6.81. The fourth-order valence-corrected chi connectivity index (χ4v) is 4.40. The zero-order valence-corrected chi connectivity index (χ0v) is 15.4. The van der Waals surface area contributed by atoms with Crippen LogP contribution in [0.3, 0.4) is 0 Å². The molecule has 0 bridgehead atoms. The topological polar surface area (TPSA) is 64.2 Å². The molecule has 0 saturated heterocycles. The number of aromatic hydroxyl groups is 2. The molecule has 1 aliphatic carbocycles. The molecule has 2 aromatic carbocycles. The molecule has 128 valence electrons. The minimum atomic E-state index is 0.0372. The van der Waals surface area contributed by atoms with E-state index in [2.05, 4.69) is 6.07 Å². The van der Waals surface area contributed by atoms with E-state index in [0.717, 1.165) is 39.0 Å². The maximum absolute atomic E-state index is 10.1. The van der Waals surface area contributed by atoms with Crippen LogP contribution in [-0.2, 0) is 6.42 Å². The van der Waals surface area contributed by atoms with Crippen LogP contribution in [0.4, 0.5) is 0 Å². The molecule has 0 spiro atoms. The number of thiophene rings is 1. The monoisotopic (exact) mass is 379 g/mol. The van der Waals surface area contributed by atoms with Gasteiger partial charge in [0.2, 0.25) is 0 Å². The molecule has 1 heterocycles. The number of hydrogen-bond donors (Lipinski definition) is 2. The number of phenolic OH excluding ortho intramolecular Hbond substituents is 2. The van der Waals surface area contributed by atoms with Crippen molar-refractivity contribution in [1.82, 2.24) is 0 Å². The molecule has 3 nitrogen and oxygen atoms in total. The van der Waals surface area contributed by atoms with Crippen LogP contribution in [0.5, 0.6) is 11.5 Å². The average molecular weight is 380 g/mol. The van der Waals surface area contributed by atoms with Gasteiger partial charge in [-0.1, -0.05) is 17.7 Å². The van der Waals surface area contributed by atoms with Gasteiger partial charge in [0, 0.05) is 5.56 Å². The van der Waals surface area contributed by atoms with Gasteiger partial charge >= 0.3 is 0 Å². The van der Waals surface area contributed by atoms with Gasteiger partial charge in [-0.25, -0.2) is 0 Å². The van der Waals surface area contributed by atoms with Gasteiger partial charge in [0.1, 0.15) is 22.4 Å². The molecular weight excluding hydrogens is 366 g/mol. The fraction of sp³-hybridized carbons (Fsp3) is 0.0952. The molecule has 0 atom stereocenters. The smallest absolute Gasteiger partial charge is 0.134 e. The lowest BCUT2D eigenvalue weighted by molar-refractivity contribution is 0.474. The fourth-order valence-electron chi connectivity index (χ4n) is 3.52. The van der Waals surface area contributed by atoms with E-state index in [1.165, 1.54) is 11.3 Å². The molecule has 4 rings (SSSR count). The van der Waals surface area contributed by atoms with Crippen molar-refractivity contribution in [3.05, 3.63) is 79.5 Å². The molecule has 1 aromatic heterocycles. The predicted octanol–water partition coefficient (Wildman–Crippen LogP) is 5.51. The number of allylic oxidation sites excluding steroid dienone is 1. The highest BCUT2D eigenvalue weighted by Crippen LogP contribution is 2.46. The highest BCUT2D eigenvalue weighted by Gasteiger charge is 2.28. The normalized spacial score (nSPS) is 13.0. The van der Waals surface area contributed by atoms with Crippen molar-refractivity contribution in [2.45, 2.75) is 13.3 Å². The summed E-state index contributed by atoms with van der Waals surface area (Å²) in [5, 5.41) is 31.6. The van der Waals surface area contributed by atoms with Crippen molar-refractivity contribution in [3.8, 4) is 17.6 Å². The lowest BCUT2D eigenvalue weighted by Crippen LogP contribution is -1.91. The summed E-state index contributed by atoms with van der Waals surface area (Å²) in [7, 11) is 0. The van der Waals surface area contributed by atoms with Crippen LogP contribution < -0.4 is 0 Å². The summed E-state index contributed by atoms with van der Waals surface area (Å²) in [6.07, 6.45) is 0.679. The first-order chi connectivity index (χ1) is 12.5. The molecule has 0 saturated carbocycles. The molecule has 0 aliphatic heterocycles. The van der Waals surface area contributed by atoms with Gasteiger partial charge in [-0.2, -0.15) is 5.26 Å². The first-order valence-corrected chi connectivity index (χ1v) is 9.28. The quantitative estimate of drug-likeness (QED) is 0.617. The Morgan fingerprint density at radius 3 is 2.65 bits per heavy atom. The zero-order chi connectivity index (χ0) is 18.4. The maximum Gasteiger partial charge on any atom is 0.134 e. The van der Waals surface area contributed by atoms with E-state index in [1.807, 2.05) is 24.4 Å². The van der Waals surface area contributed by atoms with E-state index in [-0.39, 0.29) is 16.5 Å². The second-order valence-electron chi connectivity index (χ2n) is 6.26. The zero-order valence-electron chi connectivity index (χ0n) is 13.9. The first-order valence-electron chi connectivity index (χ1n) is 8.02.